The molecule has 0 saturated carbocycles. The van der Waals surface area contributed by atoms with Gasteiger partial charge in [-0.1, -0.05) is 5.16 Å². The SMILES string of the molecule is O=C(c1ccon1)N1CCCC(COc2ccc(F)cc2)C1. The van der Waals surface area contributed by atoms with Crippen molar-refractivity contribution < 1.29 is 18.4 Å². The highest BCUT2D eigenvalue weighted by molar-refractivity contribution is 5.92. The second-order valence-corrected chi connectivity index (χ2v) is 5.41. The summed E-state index contributed by atoms with van der Waals surface area (Å²) in [6, 6.07) is 7.53. The van der Waals surface area contributed by atoms with E-state index < -0.39 is 0 Å². The van der Waals surface area contributed by atoms with Crippen molar-refractivity contribution in [3.63, 3.8) is 0 Å². The van der Waals surface area contributed by atoms with Gasteiger partial charge in [0.2, 0.25) is 0 Å². The van der Waals surface area contributed by atoms with Crippen LogP contribution in [0.15, 0.2) is 41.1 Å². The number of amides is 1. The van der Waals surface area contributed by atoms with Crippen LogP contribution in [0.2, 0.25) is 0 Å². The van der Waals surface area contributed by atoms with Gasteiger partial charge < -0.3 is 14.2 Å². The first-order valence-corrected chi connectivity index (χ1v) is 7.30. The van der Waals surface area contributed by atoms with Crippen LogP contribution in [0, 0.1) is 11.7 Å². The van der Waals surface area contributed by atoms with Crippen molar-refractivity contribution in [3.8, 4) is 5.75 Å². The van der Waals surface area contributed by atoms with E-state index in [4.69, 9.17) is 9.26 Å². The minimum absolute atomic E-state index is 0.111. The Morgan fingerprint density at radius 2 is 2.18 bits per heavy atom. The van der Waals surface area contributed by atoms with Crippen molar-refractivity contribution in [1.29, 1.82) is 0 Å². The zero-order valence-electron chi connectivity index (χ0n) is 12.1. The van der Waals surface area contributed by atoms with Crippen molar-refractivity contribution in [2.45, 2.75) is 12.8 Å². The monoisotopic (exact) mass is 304 g/mol. The zero-order valence-corrected chi connectivity index (χ0v) is 12.1. The number of rotatable bonds is 4. The van der Waals surface area contributed by atoms with Gasteiger partial charge in [-0.3, -0.25) is 4.79 Å². The molecule has 0 spiro atoms. The van der Waals surface area contributed by atoms with Crippen molar-refractivity contribution in [3.05, 3.63) is 48.1 Å². The summed E-state index contributed by atoms with van der Waals surface area (Å²) in [6.45, 7) is 1.86. The van der Waals surface area contributed by atoms with Crippen LogP contribution in [0.3, 0.4) is 0 Å². The Hall–Kier alpha value is -2.37. The van der Waals surface area contributed by atoms with Gasteiger partial charge in [-0.25, -0.2) is 4.39 Å². The highest BCUT2D eigenvalue weighted by Gasteiger charge is 2.26. The lowest BCUT2D eigenvalue weighted by molar-refractivity contribution is 0.0623. The van der Waals surface area contributed by atoms with E-state index in [-0.39, 0.29) is 17.6 Å². The van der Waals surface area contributed by atoms with E-state index in [0.717, 1.165) is 19.4 Å². The van der Waals surface area contributed by atoms with E-state index in [1.807, 2.05) is 0 Å². The largest absolute Gasteiger partial charge is 0.493 e. The van der Waals surface area contributed by atoms with Gasteiger partial charge in [0.1, 0.15) is 17.8 Å². The summed E-state index contributed by atoms with van der Waals surface area (Å²) in [7, 11) is 0. The highest BCUT2D eigenvalue weighted by atomic mass is 19.1. The lowest BCUT2D eigenvalue weighted by atomic mass is 9.98. The Labute approximate surface area is 127 Å². The van der Waals surface area contributed by atoms with Crippen molar-refractivity contribution in [2.75, 3.05) is 19.7 Å². The molecule has 0 aliphatic carbocycles. The first-order valence-electron chi connectivity index (χ1n) is 7.30. The van der Waals surface area contributed by atoms with Crippen molar-refractivity contribution in [1.82, 2.24) is 10.1 Å². The van der Waals surface area contributed by atoms with Crippen LogP contribution in [0.25, 0.3) is 0 Å². The van der Waals surface area contributed by atoms with E-state index >= 15 is 0 Å². The molecule has 1 unspecified atom stereocenters. The van der Waals surface area contributed by atoms with E-state index in [0.29, 0.717) is 24.6 Å². The number of benzene rings is 1. The first kappa shape index (κ1) is 14.6. The van der Waals surface area contributed by atoms with Crippen LogP contribution in [0.4, 0.5) is 4.39 Å². The predicted molar refractivity (Wildman–Crippen MR) is 77.0 cm³/mol. The first-order chi connectivity index (χ1) is 10.7. The van der Waals surface area contributed by atoms with E-state index in [1.165, 1.54) is 18.4 Å². The number of hydrogen-bond donors (Lipinski definition) is 0. The van der Waals surface area contributed by atoms with Crippen molar-refractivity contribution >= 4 is 5.91 Å². The molecule has 1 aliphatic heterocycles. The second kappa shape index (κ2) is 6.60. The van der Waals surface area contributed by atoms with Gasteiger partial charge in [0.15, 0.2) is 5.69 Å². The molecule has 2 heterocycles. The number of carbonyl (C=O) groups is 1. The summed E-state index contributed by atoms with van der Waals surface area (Å²) in [5, 5.41) is 3.69. The quantitative estimate of drug-likeness (QED) is 0.871. The lowest BCUT2D eigenvalue weighted by Gasteiger charge is -2.32. The van der Waals surface area contributed by atoms with Gasteiger partial charge >= 0.3 is 0 Å². The molecule has 1 aromatic heterocycles. The van der Waals surface area contributed by atoms with Crippen LogP contribution < -0.4 is 4.74 Å². The molecule has 6 heteroatoms. The van der Waals surface area contributed by atoms with Gasteiger partial charge in [0.05, 0.1) is 6.61 Å². The summed E-state index contributed by atoms with van der Waals surface area (Å²) >= 11 is 0. The Morgan fingerprint density at radius 1 is 1.36 bits per heavy atom. The summed E-state index contributed by atoms with van der Waals surface area (Å²) in [5.74, 6) is 0.505. The van der Waals surface area contributed by atoms with Crippen molar-refractivity contribution in [2.24, 2.45) is 5.92 Å². The fraction of sp³-hybridized carbons (Fsp3) is 0.375. The molecule has 22 heavy (non-hydrogen) atoms. The molecular formula is C16H17FN2O3. The number of halogens is 1. The lowest BCUT2D eigenvalue weighted by Crippen LogP contribution is -2.41. The average molecular weight is 304 g/mol. The number of carbonyl (C=O) groups excluding carboxylic acids is 1. The Bertz CT molecular complexity index is 613. The fourth-order valence-corrected chi connectivity index (χ4v) is 2.62. The van der Waals surface area contributed by atoms with Crippen LogP contribution in [0.5, 0.6) is 5.75 Å². The highest BCUT2D eigenvalue weighted by Crippen LogP contribution is 2.20. The molecule has 5 nitrogen and oxygen atoms in total. The summed E-state index contributed by atoms with van der Waals surface area (Å²) in [6.07, 6.45) is 3.33. The predicted octanol–water partition coefficient (Wildman–Crippen LogP) is 2.74. The molecule has 1 amide bonds. The molecule has 1 saturated heterocycles. The van der Waals surface area contributed by atoms with Crippen LogP contribution in [0.1, 0.15) is 23.3 Å². The summed E-state index contributed by atoms with van der Waals surface area (Å²) < 4.78 is 23.2. The van der Waals surface area contributed by atoms with Crippen LogP contribution >= 0.6 is 0 Å². The Balaban J connectivity index is 1.54. The molecule has 0 radical (unpaired) electrons. The number of ether oxygens (including phenoxy) is 1. The van der Waals surface area contributed by atoms with Gasteiger partial charge in [-0.2, -0.15) is 0 Å². The minimum atomic E-state index is -0.283. The Morgan fingerprint density at radius 3 is 2.91 bits per heavy atom. The zero-order chi connectivity index (χ0) is 15.4. The molecule has 2 aromatic rings. The van der Waals surface area contributed by atoms with Gasteiger partial charge in [-0.05, 0) is 37.1 Å². The molecule has 3 rings (SSSR count). The molecule has 1 fully saturated rings. The molecular weight excluding hydrogens is 287 g/mol. The third-order valence-electron chi connectivity index (χ3n) is 3.76. The smallest absolute Gasteiger partial charge is 0.276 e. The summed E-state index contributed by atoms with van der Waals surface area (Å²) in [5.41, 5.74) is 0.333. The number of likely N-dealkylation sites (tertiary alicyclic amines) is 1. The molecule has 1 atom stereocenters. The van der Waals surface area contributed by atoms with E-state index in [9.17, 15) is 9.18 Å². The average Bonchev–Trinajstić information content (AvgIpc) is 3.08. The van der Waals surface area contributed by atoms with E-state index in [1.54, 1.807) is 23.1 Å². The van der Waals surface area contributed by atoms with E-state index in [2.05, 4.69) is 5.16 Å². The van der Waals surface area contributed by atoms with Gasteiger partial charge in [0, 0.05) is 25.1 Å². The fourth-order valence-electron chi connectivity index (χ4n) is 2.62. The maximum Gasteiger partial charge on any atom is 0.276 e. The summed E-state index contributed by atoms with van der Waals surface area (Å²) in [4.78, 5) is 14.0. The maximum absolute atomic E-state index is 12.8. The molecule has 0 bridgehead atoms. The number of aromatic nitrogens is 1. The normalized spacial score (nSPS) is 18.2. The number of hydrogen-bond acceptors (Lipinski definition) is 4. The third-order valence-corrected chi connectivity index (χ3v) is 3.76. The van der Waals surface area contributed by atoms with Crippen LogP contribution in [-0.4, -0.2) is 35.7 Å². The molecule has 1 aromatic carbocycles. The second-order valence-electron chi connectivity index (χ2n) is 5.41. The Kier molecular flexibility index (Phi) is 4.37. The van der Waals surface area contributed by atoms with Gasteiger partial charge in [-0.15, -0.1) is 0 Å². The molecule has 1 aliphatic rings. The standard InChI is InChI=1S/C16H17FN2O3/c17-13-3-5-14(6-4-13)21-11-12-2-1-8-19(10-12)16(20)15-7-9-22-18-15/h3-7,9,12H,1-2,8,10-11H2. The minimum Gasteiger partial charge on any atom is -0.493 e. The number of nitrogens with zero attached hydrogens (tertiary/aromatic N) is 2. The molecule has 116 valence electrons. The number of piperidine rings is 1. The molecule has 0 N–H and O–H groups in total. The maximum atomic E-state index is 12.8. The third kappa shape index (κ3) is 3.44. The van der Waals surface area contributed by atoms with Gasteiger partial charge in [0.25, 0.3) is 5.91 Å². The van der Waals surface area contributed by atoms with Crippen LogP contribution in [-0.2, 0) is 0 Å². The topological polar surface area (TPSA) is 55.6 Å².